The van der Waals surface area contributed by atoms with Crippen LogP contribution in [0.2, 0.25) is 0 Å². The van der Waals surface area contributed by atoms with Crippen LogP contribution in [0.4, 0.5) is 0 Å². The first-order valence-corrected chi connectivity index (χ1v) is 11.4. The lowest BCUT2D eigenvalue weighted by atomic mass is 10.0. The van der Waals surface area contributed by atoms with Gasteiger partial charge in [-0.05, 0) is 71.0 Å². The lowest BCUT2D eigenvalue weighted by Crippen LogP contribution is -2.42. The van der Waals surface area contributed by atoms with Crippen molar-refractivity contribution >= 4 is 10.9 Å². The van der Waals surface area contributed by atoms with Gasteiger partial charge < -0.3 is 9.72 Å². The molecule has 1 unspecified atom stereocenters. The molecule has 0 bridgehead atoms. The first kappa shape index (κ1) is 21.5. The van der Waals surface area contributed by atoms with Crippen LogP contribution in [0.5, 0.6) is 0 Å². The number of rotatable bonds is 6. The van der Waals surface area contributed by atoms with E-state index in [1.807, 2.05) is 35.0 Å². The first-order chi connectivity index (χ1) is 16.1. The van der Waals surface area contributed by atoms with Crippen LogP contribution in [-0.4, -0.2) is 56.4 Å². The first-order valence-electron chi connectivity index (χ1n) is 11.4. The van der Waals surface area contributed by atoms with Gasteiger partial charge in [-0.1, -0.05) is 30.3 Å². The molecule has 0 radical (unpaired) electrons. The molecule has 1 aliphatic heterocycles. The summed E-state index contributed by atoms with van der Waals surface area (Å²) in [5.41, 5.74) is 4.95. The minimum Gasteiger partial charge on any atom is -0.379 e. The fourth-order valence-electron chi connectivity index (χ4n) is 4.48. The van der Waals surface area contributed by atoms with E-state index in [0.29, 0.717) is 44.2 Å². The standard InChI is InChI=1S/C25H28N6O2/c1-17-14-20-16-21(25(32)26-22(20)15-18(17)2)23(30-10-12-33-13-11-30)24-27-28-29-31(24)9-8-19-6-4-3-5-7-19/h3-7,14-16,23H,8-13H2,1-2H3,(H,26,32). The second-order valence-corrected chi connectivity index (χ2v) is 8.62. The van der Waals surface area contributed by atoms with E-state index < -0.39 is 0 Å². The van der Waals surface area contributed by atoms with Crippen molar-refractivity contribution in [2.24, 2.45) is 0 Å². The van der Waals surface area contributed by atoms with E-state index in [9.17, 15) is 4.79 Å². The van der Waals surface area contributed by atoms with Crippen molar-refractivity contribution in [3.63, 3.8) is 0 Å². The van der Waals surface area contributed by atoms with Gasteiger partial charge in [0, 0.05) is 30.7 Å². The number of morpholine rings is 1. The fourth-order valence-corrected chi connectivity index (χ4v) is 4.48. The molecule has 1 N–H and O–H groups in total. The average molecular weight is 445 g/mol. The molecule has 2 aromatic heterocycles. The molecule has 8 heteroatoms. The predicted octanol–water partition coefficient (Wildman–Crippen LogP) is 2.80. The molecule has 1 aliphatic rings. The molecule has 0 amide bonds. The number of nitrogens with zero attached hydrogens (tertiary/aromatic N) is 5. The number of tetrazole rings is 1. The molecule has 0 spiro atoms. The van der Waals surface area contributed by atoms with Gasteiger partial charge in [-0.15, -0.1) is 5.10 Å². The Kier molecular flexibility index (Phi) is 6.02. The molecule has 5 rings (SSSR count). The van der Waals surface area contributed by atoms with E-state index in [4.69, 9.17) is 4.74 Å². The largest absolute Gasteiger partial charge is 0.379 e. The Morgan fingerprint density at radius 3 is 2.61 bits per heavy atom. The van der Waals surface area contributed by atoms with E-state index in [1.165, 1.54) is 11.1 Å². The molecule has 0 saturated carbocycles. The number of hydrogen-bond donors (Lipinski definition) is 1. The quantitative estimate of drug-likeness (QED) is 0.492. The highest BCUT2D eigenvalue weighted by Crippen LogP contribution is 2.28. The fraction of sp³-hybridized carbons (Fsp3) is 0.360. The molecule has 1 atom stereocenters. The van der Waals surface area contributed by atoms with Gasteiger partial charge in [0.15, 0.2) is 5.82 Å². The smallest absolute Gasteiger partial charge is 0.253 e. The normalized spacial score (nSPS) is 15.7. The third kappa shape index (κ3) is 4.44. The number of ether oxygens (including phenoxy) is 1. The van der Waals surface area contributed by atoms with Crippen molar-refractivity contribution < 1.29 is 4.74 Å². The average Bonchev–Trinajstić information content (AvgIpc) is 3.29. The number of pyridine rings is 1. The number of nitrogens with one attached hydrogen (secondary N) is 1. The van der Waals surface area contributed by atoms with Crippen molar-refractivity contribution in [1.82, 2.24) is 30.1 Å². The maximum absolute atomic E-state index is 13.3. The maximum Gasteiger partial charge on any atom is 0.253 e. The van der Waals surface area contributed by atoms with Crippen molar-refractivity contribution in [1.29, 1.82) is 0 Å². The van der Waals surface area contributed by atoms with Gasteiger partial charge in [0.05, 0.1) is 13.2 Å². The van der Waals surface area contributed by atoms with Crippen molar-refractivity contribution in [3.8, 4) is 0 Å². The maximum atomic E-state index is 13.3. The number of fused-ring (bicyclic) bond motifs is 1. The molecule has 3 heterocycles. The minimum absolute atomic E-state index is 0.111. The van der Waals surface area contributed by atoms with E-state index in [2.05, 4.69) is 57.5 Å². The summed E-state index contributed by atoms with van der Waals surface area (Å²) in [6.07, 6.45) is 0.807. The molecule has 170 valence electrons. The van der Waals surface area contributed by atoms with Crippen LogP contribution in [-0.2, 0) is 17.7 Å². The SMILES string of the molecule is Cc1cc2cc(C(c3nnnn3CCc3ccccc3)N3CCOCC3)c(=O)[nH]c2cc1C. The molecular weight excluding hydrogens is 416 g/mol. The third-order valence-electron chi connectivity index (χ3n) is 6.45. The van der Waals surface area contributed by atoms with Crippen LogP contribution < -0.4 is 5.56 Å². The van der Waals surface area contributed by atoms with E-state index in [-0.39, 0.29) is 11.6 Å². The zero-order valence-electron chi connectivity index (χ0n) is 19.0. The Labute approximate surface area is 192 Å². The predicted molar refractivity (Wildman–Crippen MR) is 126 cm³/mol. The summed E-state index contributed by atoms with van der Waals surface area (Å²) < 4.78 is 7.41. The molecule has 2 aromatic carbocycles. The minimum atomic E-state index is -0.352. The lowest BCUT2D eigenvalue weighted by molar-refractivity contribution is 0.0214. The number of aromatic amines is 1. The topological polar surface area (TPSA) is 88.9 Å². The van der Waals surface area contributed by atoms with Crippen molar-refractivity contribution in [3.05, 3.63) is 87.0 Å². The zero-order valence-corrected chi connectivity index (χ0v) is 19.0. The van der Waals surface area contributed by atoms with E-state index in [1.54, 1.807) is 0 Å². The Hall–Kier alpha value is -3.36. The Morgan fingerprint density at radius 1 is 1.06 bits per heavy atom. The van der Waals surface area contributed by atoms with Crippen LogP contribution in [0.1, 0.15) is 34.1 Å². The highest BCUT2D eigenvalue weighted by Gasteiger charge is 2.31. The van der Waals surface area contributed by atoms with Crippen LogP contribution in [0.25, 0.3) is 10.9 Å². The summed E-state index contributed by atoms with van der Waals surface area (Å²) in [4.78, 5) is 18.6. The van der Waals surface area contributed by atoms with Crippen molar-refractivity contribution in [2.45, 2.75) is 32.9 Å². The molecular formula is C25H28N6O2. The van der Waals surface area contributed by atoms with Crippen LogP contribution in [0.15, 0.2) is 53.3 Å². The number of hydrogen-bond acceptors (Lipinski definition) is 6. The molecule has 33 heavy (non-hydrogen) atoms. The number of H-pyrrole nitrogens is 1. The van der Waals surface area contributed by atoms with Gasteiger partial charge in [0.1, 0.15) is 6.04 Å². The highest BCUT2D eigenvalue weighted by atomic mass is 16.5. The second-order valence-electron chi connectivity index (χ2n) is 8.62. The Morgan fingerprint density at radius 2 is 1.82 bits per heavy atom. The van der Waals surface area contributed by atoms with Crippen LogP contribution in [0.3, 0.4) is 0 Å². The number of aryl methyl sites for hydroxylation is 4. The molecule has 0 aliphatic carbocycles. The summed E-state index contributed by atoms with van der Waals surface area (Å²) in [5, 5.41) is 13.7. The highest BCUT2D eigenvalue weighted by molar-refractivity contribution is 5.81. The molecule has 8 nitrogen and oxygen atoms in total. The van der Waals surface area contributed by atoms with Crippen LogP contribution >= 0.6 is 0 Å². The lowest BCUT2D eigenvalue weighted by Gasteiger charge is -2.33. The van der Waals surface area contributed by atoms with Gasteiger partial charge in [-0.25, -0.2) is 4.68 Å². The van der Waals surface area contributed by atoms with Gasteiger partial charge in [-0.3, -0.25) is 9.69 Å². The molecule has 4 aromatic rings. The second kappa shape index (κ2) is 9.25. The molecule has 1 saturated heterocycles. The van der Waals surface area contributed by atoms with Gasteiger partial charge in [0.2, 0.25) is 0 Å². The third-order valence-corrected chi connectivity index (χ3v) is 6.45. The summed E-state index contributed by atoms with van der Waals surface area (Å²) in [7, 11) is 0. The monoisotopic (exact) mass is 444 g/mol. The summed E-state index contributed by atoms with van der Waals surface area (Å²) in [6, 6.07) is 16.1. The van der Waals surface area contributed by atoms with Gasteiger partial charge in [-0.2, -0.15) is 0 Å². The van der Waals surface area contributed by atoms with Gasteiger partial charge in [0.25, 0.3) is 5.56 Å². The number of benzene rings is 2. The zero-order chi connectivity index (χ0) is 22.8. The molecule has 1 fully saturated rings. The number of aromatic nitrogens is 5. The summed E-state index contributed by atoms with van der Waals surface area (Å²) in [5.74, 6) is 0.682. The van der Waals surface area contributed by atoms with Crippen LogP contribution in [0, 0.1) is 13.8 Å². The van der Waals surface area contributed by atoms with E-state index in [0.717, 1.165) is 22.9 Å². The Bertz CT molecular complexity index is 1310. The van der Waals surface area contributed by atoms with Crippen molar-refractivity contribution in [2.75, 3.05) is 26.3 Å². The Balaban J connectivity index is 1.57. The summed E-state index contributed by atoms with van der Waals surface area (Å²) in [6.45, 7) is 7.43. The van der Waals surface area contributed by atoms with E-state index >= 15 is 0 Å². The summed E-state index contributed by atoms with van der Waals surface area (Å²) >= 11 is 0. The van der Waals surface area contributed by atoms with Gasteiger partial charge >= 0.3 is 0 Å².